The first-order chi connectivity index (χ1) is 24.6. The van der Waals surface area contributed by atoms with Crippen molar-refractivity contribution in [2.45, 2.75) is 67.7 Å². The summed E-state index contributed by atoms with van der Waals surface area (Å²) < 4.78 is 15.0. The number of rotatable bonds is 12. The van der Waals surface area contributed by atoms with E-state index in [1.54, 1.807) is 26.9 Å². The lowest BCUT2D eigenvalue weighted by Crippen LogP contribution is -2.05. The van der Waals surface area contributed by atoms with E-state index < -0.39 is 0 Å². The first kappa shape index (κ1) is 36.5. The average Bonchev–Trinajstić information content (AvgIpc) is 3.75. The highest BCUT2D eigenvalue weighted by Gasteiger charge is 2.11. The van der Waals surface area contributed by atoms with E-state index in [1.165, 1.54) is 0 Å². The highest BCUT2D eigenvalue weighted by Crippen LogP contribution is 2.29. The molecule has 12 nitrogen and oxygen atoms in total. The van der Waals surface area contributed by atoms with Gasteiger partial charge in [-0.25, -0.2) is 29.9 Å². The van der Waals surface area contributed by atoms with Crippen LogP contribution < -0.4 is 20.1 Å². The topological polar surface area (TPSA) is 130 Å². The van der Waals surface area contributed by atoms with Crippen molar-refractivity contribution in [1.29, 1.82) is 0 Å². The summed E-state index contributed by atoms with van der Waals surface area (Å²) in [6.07, 6.45) is 10.2. The number of nitrogens with one attached hydrogen (secondary N) is 2. The molecule has 0 unspecified atom stereocenters. The van der Waals surface area contributed by atoms with Gasteiger partial charge < -0.3 is 29.2 Å². The molecule has 0 aliphatic carbocycles. The zero-order valence-corrected chi connectivity index (χ0v) is 31.0. The molecule has 0 spiro atoms. The number of imidazole rings is 2. The van der Waals surface area contributed by atoms with Gasteiger partial charge in [-0.3, -0.25) is 0 Å². The molecule has 266 valence electrons. The quantitative estimate of drug-likeness (QED) is 0.130. The Kier molecular flexibility index (Phi) is 12.0. The summed E-state index contributed by atoms with van der Waals surface area (Å²) >= 11 is 0. The highest BCUT2D eigenvalue weighted by molar-refractivity contribution is 5.63. The van der Waals surface area contributed by atoms with Crippen LogP contribution in [0.15, 0.2) is 73.6 Å². The molecule has 4 heterocycles. The fourth-order valence-corrected chi connectivity index (χ4v) is 5.49. The molecule has 51 heavy (non-hydrogen) atoms. The SMILES string of the molecule is CCc1cc(CC)nc(Nc2ccc(-n3cnc(C)c3)c(OC)c2)n1.COc1cc(Nc2nc(C)cc(CC(C)C)n2)ccc1-n1cnc(C)c1. The van der Waals surface area contributed by atoms with Crippen LogP contribution in [0.3, 0.4) is 0 Å². The molecule has 0 aliphatic heterocycles. The number of hydrogen-bond donors (Lipinski definition) is 2. The van der Waals surface area contributed by atoms with E-state index in [-0.39, 0.29) is 0 Å². The minimum Gasteiger partial charge on any atom is -0.494 e. The molecule has 0 bridgehead atoms. The maximum Gasteiger partial charge on any atom is 0.227 e. The van der Waals surface area contributed by atoms with Gasteiger partial charge in [0.2, 0.25) is 11.9 Å². The number of aromatic nitrogens is 8. The van der Waals surface area contributed by atoms with Crippen LogP contribution in [0.2, 0.25) is 0 Å². The van der Waals surface area contributed by atoms with Gasteiger partial charge in [0.05, 0.1) is 49.6 Å². The van der Waals surface area contributed by atoms with E-state index in [0.717, 1.165) is 87.7 Å². The Morgan fingerprint density at radius 3 is 1.49 bits per heavy atom. The smallest absolute Gasteiger partial charge is 0.227 e. The number of benzene rings is 2. The summed E-state index contributed by atoms with van der Waals surface area (Å²) in [5.74, 6) is 3.28. The normalized spacial score (nSPS) is 10.9. The van der Waals surface area contributed by atoms with Crippen molar-refractivity contribution >= 4 is 23.3 Å². The van der Waals surface area contributed by atoms with Crippen LogP contribution in [-0.4, -0.2) is 53.3 Å². The van der Waals surface area contributed by atoms with Crippen LogP contribution in [-0.2, 0) is 19.3 Å². The third-order valence-corrected chi connectivity index (χ3v) is 7.93. The molecule has 0 atom stereocenters. The fraction of sp³-hybridized carbons (Fsp3) is 0.333. The van der Waals surface area contributed by atoms with Crippen LogP contribution in [0.5, 0.6) is 11.5 Å². The van der Waals surface area contributed by atoms with Gasteiger partial charge >= 0.3 is 0 Å². The summed E-state index contributed by atoms with van der Waals surface area (Å²) in [6, 6.07) is 15.9. The summed E-state index contributed by atoms with van der Waals surface area (Å²) in [7, 11) is 3.33. The second-order valence-corrected chi connectivity index (χ2v) is 12.7. The number of anilines is 4. The van der Waals surface area contributed by atoms with Crippen molar-refractivity contribution in [1.82, 2.24) is 39.0 Å². The zero-order valence-electron chi connectivity index (χ0n) is 31.0. The number of methoxy groups -OCH3 is 2. The van der Waals surface area contributed by atoms with E-state index >= 15 is 0 Å². The molecular weight excluding hydrogens is 640 g/mol. The molecule has 0 saturated heterocycles. The lowest BCUT2D eigenvalue weighted by molar-refractivity contribution is 0.413. The molecule has 2 N–H and O–H groups in total. The van der Waals surface area contributed by atoms with E-state index in [2.05, 4.69) is 74.3 Å². The van der Waals surface area contributed by atoms with Crippen LogP contribution in [0, 0.1) is 26.7 Å². The predicted octanol–water partition coefficient (Wildman–Crippen LogP) is 8.08. The number of aryl methyl sites for hydroxylation is 5. The van der Waals surface area contributed by atoms with Gasteiger partial charge in [-0.15, -0.1) is 0 Å². The van der Waals surface area contributed by atoms with E-state index in [4.69, 9.17) is 9.47 Å². The van der Waals surface area contributed by atoms with Gasteiger partial charge in [-0.1, -0.05) is 27.7 Å². The van der Waals surface area contributed by atoms with Gasteiger partial charge in [-0.2, -0.15) is 0 Å². The molecule has 0 fully saturated rings. The zero-order chi connectivity index (χ0) is 36.5. The van der Waals surface area contributed by atoms with Crippen molar-refractivity contribution in [3.05, 3.63) is 108 Å². The Balaban J connectivity index is 0.000000198. The molecule has 12 heteroatoms. The second kappa shape index (κ2) is 16.8. The van der Waals surface area contributed by atoms with E-state index in [1.807, 2.05) is 84.8 Å². The maximum atomic E-state index is 5.56. The third kappa shape index (κ3) is 9.68. The molecule has 0 radical (unpaired) electrons. The van der Waals surface area contributed by atoms with Crippen molar-refractivity contribution in [2.24, 2.45) is 5.92 Å². The standard InChI is InChI=1S/C20H25N5O.C19H23N5O/c1-13(2)8-17-9-14(3)22-20(24-17)23-16-6-7-18(19(10-16)26-5)25-11-15(4)21-12-25;1-5-14-9-15(6-2)22-19(21-14)23-16-7-8-17(18(10-16)25-4)24-11-13(3)20-12-24/h6-7,9-13H,8H2,1-5H3,(H,22,23,24);7-12H,5-6H2,1-4H3,(H,21,22,23). The predicted molar refractivity (Wildman–Crippen MR) is 202 cm³/mol. The Morgan fingerprint density at radius 2 is 1.08 bits per heavy atom. The van der Waals surface area contributed by atoms with Gasteiger partial charge in [0.1, 0.15) is 11.5 Å². The van der Waals surface area contributed by atoms with E-state index in [0.29, 0.717) is 17.8 Å². The summed E-state index contributed by atoms with van der Waals surface area (Å²) in [5.41, 5.74) is 9.62. The number of hydrogen-bond acceptors (Lipinski definition) is 10. The Hall–Kier alpha value is -5.78. The molecule has 0 saturated carbocycles. The number of ether oxygens (including phenoxy) is 2. The molecule has 0 aliphatic rings. The van der Waals surface area contributed by atoms with Crippen molar-refractivity contribution in [3.63, 3.8) is 0 Å². The van der Waals surface area contributed by atoms with Crippen LogP contribution in [0.1, 0.15) is 61.9 Å². The minimum atomic E-state index is 0.551. The minimum absolute atomic E-state index is 0.551. The third-order valence-electron chi connectivity index (χ3n) is 7.93. The van der Waals surface area contributed by atoms with Crippen molar-refractivity contribution in [3.8, 4) is 22.9 Å². The molecule has 6 aromatic rings. The molecular formula is C39H48N10O2. The van der Waals surface area contributed by atoms with Crippen molar-refractivity contribution in [2.75, 3.05) is 24.9 Å². The Labute approximate surface area is 300 Å². The summed E-state index contributed by atoms with van der Waals surface area (Å²) in [6.45, 7) is 14.5. The lowest BCUT2D eigenvalue weighted by Gasteiger charge is -2.13. The molecule has 2 aromatic carbocycles. The van der Waals surface area contributed by atoms with Crippen LogP contribution in [0.4, 0.5) is 23.3 Å². The summed E-state index contributed by atoms with van der Waals surface area (Å²) in [5, 5.41) is 6.57. The monoisotopic (exact) mass is 688 g/mol. The van der Waals surface area contributed by atoms with Crippen LogP contribution >= 0.6 is 0 Å². The molecule has 0 amide bonds. The first-order valence-corrected chi connectivity index (χ1v) is 17.2. The Morgan fingerprint density at radius 1 is 0.608 bits per heavy atom. The lowest BCUT2D eigenvalue weighted by atomic mass is 10.1. The largest absolute Gasteiger partial charge is 0.494 e. The number of nitrogens with zero attached hydrogens (tertiary/aromatic N) is 8. The van der Waals surface area contributed by atoms with Gasteiger partial charge in [-0.05, 0) is 82.3 Å². The average molecular weight is 689 g/mol. The fourth-order valence-electron chi connectivity index (χ4n) is 5.49. The molecule has 4 aromatic heterocycles. The maximum absolute atomic E-state index is 5.56. The highest BCUT2D eigenvalue weighted by atomic mass is 16.5. The Bertz CT molecular complexity index is 2050. The van der Waals surface area contributed by atoms with E-state index in [9.17, 15) is 0 Å². The second-order valence-electron chi connectivity index (χ2n) is 12.7. The van der Waals surface area contributed by atoms with Gasteiger partial charge in [0.25, 0.3) is 0 Å². The van der Waals surface area contributed by atoms with Crippen LogP contribution in [0.25, 0.3) is 11.4 Å². The molecule has 6 rings (SSSR count). The first-order valence-electron chi connectivity index (χ1n) is 17.2. The summed E-state index contributed by atoms with van der Waals surface area (Å²) in [4.78, 5) is 26.8. The van der Waals surface area contributed by atoms with Gasteiger partial charge in [0, 0.05) is 58.7 Å². The van der Waals surface area contributed by atoms with Crippen molar-refractivity contribution < 1.29 is 9.47 Å². The van der Waals surface area contributed by atoms with Gasteiger partial charge in [0.15, 0.2) is 0 Å².